The minimum absolute atomic E-state index is 0.157. The number of halogens is 2. The van der Waals surface area contributed by atoms with Crippen molar-refractivity contribution in [2.45, 2.75) is 19.4 Å². The molecule has 0 spiro atoms. The van der Waals surface area contributed by atoms with Crippen molar-refractivity contribution in [1.82, 2.24) is 15.6 Å². The van der Waals surface area contributed by atoms with Gasteiger partial charge in [0.25, 0.3) is 0 Å². The van der Waals surface area contributed by atoms with Gasteiger partial charge in [0.1, 0.15) is 17.9 Å². The first kappa shape index (κ1) is 19.5. The van der Waals surface area contributed by atoms with E-state index in [1.54, 1.807) is 13.3 Å². The number of hydrogen-bond acceptors (Lipinski definition) is 3. The van der Waals surface area contributed by atoms with Crippen LogP contribution in [0.15, 0.2) is 64.2 Å². The van der Waals surface area contributed by atoms with Crippen molar-refractivity contribution in [3.63, 3.8) is 0 Å². The quantitative estimate of drug-likeness (QED) is 0.496. The summed E-state index contributed by atoms with van der Waals surface area (Å²) in [5.41, 5.74) is 2.10. The van der Waals surface area contributed by atoms with Gasteiger partial charge in [-0.15, -0.1) is 0 Å². The summed E-state index contributed by atoms with van der Waals surface area (Å²) in [7, 11) is 1.65. The van der Waals surface area contributed by atoms with Gasteiger partial charge in [-0.25, -0.2) is 13.8 Å². The summed E-state index contributed by atoms with van der Waals surface area (Å²) < 4.78 is 32.5. The van der Waals surface area contributed by atoms with Crippen LogP contribution < -0.4 is 10.6 Å². The first-order chi connectivity index (χ1) is 13.6. The average Bonchev–Trinajstić information content (AvgIpc) is 3.17. The molecule has 2 N–H and O–H groups in total. The number of hydrogen-bond donors (Lipinski definition) is 2. The van der Waals surface area contributed by atoms with Gasteiger partial charge < -0.3 is 15.1 Å². The number of guanidine groups is 1. The van der Waals surface area contributed by atoms with Gasteiger partial charge in [0.2, 0.25) is 5.89 Å². The topological polar surface area (TPSA) is 62.5 Å². The van der Waals surface area contributed by atoms with E-state index in [2.05, 4.69) is 20.6 Å². The molecule has 1 heterocycles. The maximum absolute atomic E-state index is 13.9. The summed E-state index contributed by atoms with van der Waals surface area (Å²) in [5, 5.41) is 6.28. The number of oxazole rings is 1. The van der Waals surface area contributed by atoms with Crippen molar-refractivity contribution in [2.75, 3.05) is 13.6 Å². The fourth-order valence-electron chi connectivity index (χ4n) is 2.76. The zero-order chi connectivity index (χ0) is 19.9. The highest BCUT2D eigenvalue weighted by Gasteiger charge is 2.13. The molecule has 0 saturated heterocycles. The molecule has 0 aliphatic carbocycles. The van der Waals surface area contributed by atoms with E-state index in [-0.39, 0.29) is 5.92 Å². The number of benzene rings is 2. The van der Waals surface area contributed by atoms with Gasteiger partial charge in [-0.3, -0.25) is 4.99 Å². The molecule has 0 saturated carbocycles. The third kappa shape index (κ3) is 4.94. The molecule has 0 aliphatic heterocycles. The zero-order valence-corrected chi connectivity index (χ0v) is 15.7. The van der Waals surface area contributed by atoms with Gasteiger partial charge in [0.15, 0.2) is 5.96 Å². The lowest BCUT2D eigenvalue weighted by Crippen LogP contribution is -2.38. The van der Waals surface area contributed by atoms with E-state index in [0.29, 0.717) is 30.5 Å². The van der Waals surface area contributed by atoms with Crippen LogP contribution in [0.2, 0.25) is 0 Å². The second-order valence-electron chi connectivity index (χ2n) is 6.38. The number of rotatable bonds is 6. The lowest BCUT2D eigenvalue weighted by molar-refractivity contribution is 0.555. The molecule has 1 atom stereocenters. The molecule has 5 nitrogen and oxygen atoms in total. The van der Waals surface area contributed by atoms with Crippen LogP contribution >= 0.6 is 0 Å². The Morgan fingerprint density at radius 1 is 1.14 bits per heavy atom. The molecule has 3 rings (SSSR count). The summed E-state index contributed by atoms with van der Waals surface area (Å²) in [4.78, 5) is 8.60. The van der Waals surface area contributed by atoms with Gasteiger partial charge in [-0.2, -0.15) is 0 Å². The summed E-state index contributed by atoms with van der Waals surface area (Å²) in [6.07, 6.45) is 1.60. The highest BCUT2D eigenvalue weighted by molar-refractivity contribution is 5.79. The summed E-state index contributed by atoms with van der Waals surface area (Å²) in [6, 6.07) is 13.3. The first-order valence-corrected chi connectivity index (χ1v) is 8.96. The van der Waals surface area contributed by atoms with Crippen LogP contribution in [0.4, 0.5) is 8.78 Å². The summed E-state index contributed by atoms with van der Waals surface area (Å²) >= 11 is 0. The fraction of sp³-hybridized carbons (Fsp3) is 0.238. The fourth-order valence-corrected chi connectivity index (χ4v) is 2.76. The van der Waals surface area contributed by atoms with Crippen LogP contribution in [-0.4, -0.2) is 24.5 Å². The predicted molar refractivity (Wildman–Crippen MR) is 105 cm³/mol. The van der Waals surface area contributed by atoms with Crippen molar-refractivity contribution >= 4 is 5.96 Å². The Bertz CT molecular complexity index is 941. The molecule has 0 radical (unpaired) electrons. The molecule has 0 aliphatic rings. The number of aromatic nitrogens is 1. The largest absolute Gasteiger partial charge is 0.444 e. The van der Waals surface area contributed by atoms with Crippen molar-refractivity contribution in [3.05, 3.63) is 77.7 Å². The maximum Gasteiger partial charge on any atom is 0.226 e. The minimum atomic E-state index is -0.582. The highest BCUT2D eigenvalue weighted by Crippen LogP contribution is 2.19. The number of nitrogens with zero attached hydrogens (tertiary/aromatic N) is 2. The van der Waals surface area contributed by atoms with E-state index in [4.69, 9.17) is 4.42 Å². The molecule has 1 aromatic heterocycles. The second kappa shape index (κ2) is 9.12. The van der Waals surface area contributed by atoms with Gasteiger partial charge >= 0.3 is 0 Å². The molecule has 2 aromatic carbocycles. The van der Waals surface area contributed by atoms with E-state index >= 15 is 0 Å². The second-order valence-corrected chi connectivity index (χ2v) is 6.38. The van der Waals surface area contributed by atoms with Gasteiger partial charge in [-0.05, 0) is 23.8 Å². The highest BCUT2D eigenvalue weighted by atomic mass is 19.1. The van der Waals surface area contributed by atoms with Crippen LogP contribution in [-0.2, 0) is 6.54 Å². The smallest absolute Gasteiger partial charge is 0.226 e. The molecular weight excluding hydrogens is 362 g/mol. The molecule has 1 unspecified atom stereocenters. The van der Waals surface area contributed by atoms with Crippen LogP contribution in [0, 0.1) is 11.6 Å². The number of nitrogens with one attached hydrogen (secondary N) is 2. The summed E-state index contributed by atoms with van der Waals surface area (Å²) in [5.74, 6) is -0.176. The van der Waals surface area contributed by atoms with Gasteiger partial charge in [0.05, 0.1) is 12.2 Å². The number of aliphatic imine (C=N–C) groups is 1. The third-order valence-corrected chi connectivity index (χ3v) is 4.30. The SMILES string of the molecule is CN=C(NCc1coc(-c2ccccc2)n1)NCC(C)c1ccc(F)cc1F. The standard InChI is InChI=1S/C21H22F2N4O/c1-14(18-9-8-16(22)10-19(18)23)11-25-21(24-2)26-12-17-13-28-20(27-17)15-6-4-3-5-7-15/h3-10,13-14H,11-12H2,1-2H3,(H2,24,25,26). The Labute approximate surface area is 162 Å². The van der Waals surface area contributed by atoms with Crippen LogP contribution in [0.3, 0.4) is 0 Å². The van der Waals surface area contributed by atoms with E-state index in [9.17, 15) is 8.78 Å². The third-order valence-electron chi connectivity index (χ3n) is 4.30. The molecule has 0 bridgehead atoms. The Morgan fingerprint density at radius 3 is 2.64 bits per heavy atom. The van der Waals surface area contributed by atoms with Crippen molar-refractivity contribution < 1.29 is 13.2 Å². The van der Waals surface area contributed by atoms with E-state index in [1.807, 2.05) is 37.3 Å². The Kier molecular flexibility index (Phi) is 6.37. The normalized spacial score (nSPS) is 12.6. The summed E-state index contributed by atoms with van der Waals surface area (Å²) in [6.45, 7) is 2.73. The van der Waals surface area contributed by atoms with Crippen molar-refractivity contribution in [1.29, 1.82) is 0 Å². The molecule has 7 heteroatoms. The molecule has 0 amide bonds. The predicted octanol–water partition coefficient (Wildman–Crippen LogP) is 4.09. The van der Waals surface area contributed by atoms with E-state index in [1.165, 1.54) is 12.1 Å². The lowest BCUT2D eigenvalue weighted by atomic mass is 10.0. The van der Waals surface area contributed by atoms with Crippen LogP contribution in [0.1, 0.15) is 24.1 Å². The monoisotopic (exact) mass is 384 g/mol. The van der Waals surface area contributed by atoms with E-state index < -0.39 is 11.6 Å². The average molecular weight is 384 g/mol. The molecule has 3 aromatic rings. The van der Waals surface area contributed by atoms with E-state index in [0.717, 1.165) is 17.3 Å². The van der Waals surface area contributed by atoms with Crippen molar-refractivity contribution in [3.8, 4) is 11.5 Å². The van der Waals surface area contributed by atoms with Crippen molar-refractivity contribution in [2.24, 2.45) is 4.99 Å². The maximum atomic E-state index is 13.9. The molecule has 0 fully saturated rings. The Hall–Kier alpha value is -3.22. The van der Waals surface area contributed by atoms with Crippen LogP contribution in [0.5, 0.6) is 0 Å². The first-order valence-electron chi connectivity index (χ1n) is 8.96. The van der Waals surface area contributed by atoms with Crippen LogP contribution in [0.25, 0.3) is 11.5 Å². The minimum Gasteiger partial charge on any atom is -0.444 e. The molecule has 146 valence electrons. The Morgan fingerprint density at radius 2 is 1.93 bits per heavy atom. The van der Waals surface area contributed by atoms with Gasteiger partial charge in [-0.1, -0.05) is 31.2 Å². The lowest BCUT2D eigenvalue weighted by Gasteiger charge is -2.16. The molecule has 28 heavy (non-hydrogen) atoms. The molecular formula is C21H22F2N4O. The van der Waals surface area contributed by atoms with Gasteiger partial charge in [0, 0.05) is 31.1 Å². The Balaban J connectivity index is 1.53. The zero-order valence-electron chi connectivity index (χ0n) is 15.7.